The third-order valence-corrected chi connectivity index (χ3v) is 25.2. The van der Waals surface area contributed by atoms with Crippen LogP contribution in [0, 0.1) is 41.5 Å². The first-order chi connectivity index (χ1) is 16.2. The van der Waals surface area contributed by atoms with Gasteiger partial charge in [-0.25, -0.2) is 0 Å². The molecule has 0 bridgehead atoms. The summed E-state index contributed by atoms with van der Waals surface area (Å²) in [6.45, 7) is 25.0. The summed E-state index contributed by atoms with van der Waals surface area (Å²) in [6, 6.07) is 0. The Morgan fingerprint density at radius 3 is 0.805 bits per heavy atom. The normalized spacial score (nSPS) is 20.3. The molecular weight excluding hydrogens is 612 g/mol. The molecule has 0 unspecified atom stereocenters. The fourth-order valence-electron chi connectivity index (χ4n) is 7.48. The topological polar surface area (TPSA) is 0 Å². The minimum atomic E-state index is -0.972. The molecule has 4 aliphatic carbocycles. The number of hydrogen-bond acceptors (Lipinski definition) is 0. The van der Waals surface area contributed by atoms with Crippen LogP contribution in [0.25, 0.3) is 0 Å². The van der Waals surface area contributed by atoms with E-state index in [9.17, 15) is 0 Å². The Bertz CT molecular complexity index is 527. The second kappa shape index (κ2) is 22.9. The van der Waals surface area contributed by atoms with Crippen LogP contribution >= 0.6 is 0 Å². The minimum Gasteiger partial charge on any atom is -0.358 e. The molecule has 0 nitrogen and oxygen atoms in total. The molecule has 4 rings (SSSR count). The van der Waals surface area contributed by atoms with Gasteiger partial charge in [0.05, 0.1) is 16.1 Å². The number of hydrogen-bond donors (Lipinski definition) is 0. The maximum atomic E-state index is 2.59. The van der Waals surface area contributed by atoms with Crippen molar-refractivity contribution in [3.05, 3.63) is 29.7 Å². The van der Waals surface area contributed by atoms with Gasteiger partial charge in [-0.05, 0) is 39.4 Å². The van der Waals surface area contributed by atoms with E-state index in [1.165, 1.54) is 77.0 Å². The first-order valence-electron chi connectivity index (χ1n) is 16.2. The smallest absolute Gasteiger partial charge is 0.358 e. The zero-order valence-corrected chi connectivity index (χ0v) is 35.2. The van der Waals surface area contributed by atoms with Crippen LogP contribution < -0.4 is 0 Å². The van der Waals surface area contributed by atoms with Crippen LogP contribution in [0.15, 0.2) is 0 Å². The molecule has 252 valence electrons. The van der Waals surface area contributed by atoms with Gasteiger partial charge in [0.25, 0.3) is 0 Å². The van der Waals surface area contributed by atoms with E-state index in [1.807, 2.05) is 0 Å². The average Bonchev–Trinajstić information content (AvgIpc) is 3.57. The predicted octanol–water partition coefficient (Wildman–Crippen LogP) is 14.4. The van der Waals surface area contributed by atoms with Gasteiger partial charge in [0, 0.05) is 0 Å². The summed E-state index contributed by atoms with van der Waals surface area (Å²) in [5, 5.41) is 1.20. The van der Waals surface area contributed by atoms with Gasteiger partial charge in [-0.3, -0.25) is 0 Å². The van der Waals surface area contributed by atoms with E-state index in [4.69, 9.17) is 0 Å². The van der Waals surface area contributed by atoms with E-state index < -0.39 is 16.1 Å². The van der Waals surface area contributed by atoms with Crippen molar-refractivity contribution in [1.82, 2.24) is 0 Å². The predicted molar refractivity (Wildman–Crippen MR) is 193 cm³/mol. The van der Waals surface area contributed by atoms with Crippen LogP contribution in [0.2, 0.25) is 47.3 Å². The van der Waals surface area contributed by atoms with Gasteiger partial charge < -0.3 is 29.7 Å². The van der Waals surface area contributed by atoms with E-state index in [0.717, 1.165) is 22.9 Å². The molecule has 0 aromatic carbocycles. The molecule has 0 N–H and O–H groups in total. The fraction of sp³-hybridized carbons (Fsp3) is 0.892. The Kier molecular flexibility index (Phi) is 29.1. The zero-order chi connectivity index (χ0) is 26.3. The van der Waals surface area contributed by atoms with Gasteiger partial charge in [0.15, 0.2) is 0 Å². The average molecular weight is 693 g/mol. The maximum Gasteiger partial charge on any atom is 2.00 e. The molecule has 4 heteroatoms. The van der Waals surface area contributed by atoms with Crippen molar-refractivity contribution in [2.24, 2.45) is 11.8 Å². The van der Waals surface area contributed by atoms with E-state index in [1.54, 1.807) is 32.1 Å². The van der Waals surface area contributed by atoms with Gasteiger partial charge in [-0.1, -0.05) is 170 Å². The SMILES string of the molecule is C1CCC(CC2CCCC2)C1.CC(C)(C)[Si](C)(C)C1CCCC1.CC(C)(C)[Si](C)(C)C1CCCC1.[CH3-].[CH3-].[CH3-].[CH3-].[Fe+2].[Fe+2]. The molecule has 0 radical (unpaired) electrons. The Morgan fingerprint density at radius 1 is 0.415 bits per heavy atom. The van der Waals surface area contributed by atoms with Gasteiger partial charge in [-0.2, -0.15) is 0 Å². The Labute approximate surface area is 288 Å². The molecule has 4 fully saturated rings. The molecule has 4 aliphatic rings. The molecule has 0 aromatic rings. The third-order valence-electron chi connectivity index (χ3n) is 12.2. The third kappa shape index (κ3) is 16.0. The molecule has 0 amide bonds. The van der Waals surface area contributed by atoms with Crippen LogP contribution in [0.3, 0.4) is 0 Å². The van der Waals surface area contributed by atoms with Gasteiger partial charge in [-0.15, -0.1) is 0 Å². The number of rotatable bonds is 4. The molecule has 0 atom stereocenters. The molecule has 41 heavy (non-hydrogen) atoms. The minimum absolute atomic E-state index is 0. The Hall–Kier alpha value is 1.47. The van der Waals surface area contributed by atoms with Crippen molar-refractivity contribution in [1.29, 1.82) is 0 Å². The first-order valence-corrected chi connectivity index (χ1v) is 22.3. The van der Waals surface area contributed by atoms with Gasteiger partial charge >= 0.3 is 34.1 Å². The van der Waals surface area contributed by atoms with E-state index in [0.29, 0.717) is 10.1 Å². The van der Waals surface area contributed by atoms with E-state index in [2.05, 4.69) is 67.7 Å². The van der Waals surface area contributed by atoms with E-state index >= 15 is 0 Å². The van der Waals surface area contributed by atoms with Gasteiger partial charge in [0.1, 0.15) is 0 Å². The van der Waals surface area contributed by atoms with Crippen molar-refractivity contribution in [2.45, 2.75) is 198 Å². The van der Waals surface area contributed by atoms with Crippen LogP contribution in [-0.2, 0) is 34.1 Å². The van der Waals surface area contributed by atoms with Crippen LogP contribution in [0.1, 0.15) is 151 Å². The summed E-state index contributed by atoms with van der Waals surface area (Å²) >= 11 is 0. The van der Waals surface area contributed by atoms with Crippen LogP contribution in [0.5, 0.6) is 0 Å². The molecule has 0 aromatic heterocycles. The Balaban J connectivity index is -0.000000147. The van der Waals surface area contributed by atoms with Gasteiger partial charge in [0.2, 0.25) is 0 Å². The van der Waals surface area contributed by atoms with Crippen molar-refractivity contribution < 1.29 is 34.1 Å². The van der Waals surface area contributed by atoms with Crippen molar-refractivity contribution in [2.75, 3.05) is 0 Å². The summed E-state index contributed by atoms with van der Waals surface area (Å²) < 4.78 is 0. The largest absolute Gasteiger partial charge is 2.00 e. The quantitative estimate of drug-likeness (QED) is 0.203. The van der Waals surface area contributed by atoms with Crippen LogP contribution in [-0.4, -0.2) is 16.1 Å². The summed E-state index contributed by atoms with van der Waals surface area (Å²) in [6.07, 6.45) is 26.0. The molecule has 0 aliphatic heterocycles. The standard InChI is InChI=1S/2C11H24Si.C11H20.4CH3.2Fe/c2*1-11(2,3)12(4,5)10-8-6-7-9-10;1-2-6-10(5-1)9-11-7-3-4-8-11;;;;;;/h2*10H,6-9H2,1-5H3;10-11H,1-9H2;4*1H3;;/q;;;4*-1;2*+2. The summed E-state index contributed by atoms with van der Waals surface area (Å²) in [5.74, 6) is 2.27. The van der Waals surface area contributed by atoms with Crippen molar-refractivity contribution in [3.8, 4) is 0 Å². The molecular formula is C37H80Fe2Si2. The first kappa shape index (κ1) is 52.0. The molecule has 0 heterocycles. The van der Waals surface area contributed by atoms with Crippen molar-refractivity contribution >= 4 is 16.1 Å². The summed E-state index contributed by atoms with van der Waals surface area (Å²) in [4.78, 5) is 0. The second-order valence-electron chi connectivity index (χ2n) is 16.4. The molecule has 0 spiro atoms. The molecule has 0 saturated heterocycles. The Morgan fingerprint density at radius 2 is 0.610 bits per heavy atom. The van der Waals surface area contributed by atoms with E-state index in [-0.39, 0.29) is 63.8 Å². The maximum absolute atomic E-state index is 2.59. The molecule has 4 saturated carbocycles. The zero-order valence-electron chi connectivity index (χ0n) is 31.0. The summed E-state index contributed by atoms with van der Waals surface area (Å²) in [5.41, 5.74) is 2.22. The van der Waals surface area contributed by atoms with Crippen LogP contribution in [0.4, 0.5) is 0 Å². The monoisotopic (exact) mass is 692 g/mol. The fourth-order valence-corrected chi connectivity index (χ4v) is 13.6. The van der Waals surface area contributed by atoms with Crippen molar-refractivity contribution in [3.63, 3.8) is 0 Å². The summed E-state index contributed by atoms with van der Waals surface area (Å²) in [7, 11) is -1.94. The second-order valence-corrected chi connectivity index (χ2v) is 28.0.